The number of rotatable bonds is 4. The summed E-state index contributed by atoms with van der Waals surface area (Å²) in [7, 11) is 0. The summed E-state index contributed by atoms with van der Waals surface area (Å²) in [6.07, 6.45) is 4.33. The Hall–Kier alpha value is -1.84. The number of hydrogen-bond acceptors (Lipinski definition) is 3. The van der Waals surface area contributed by atoms with E-state index in [1.807, 2.05) is 18.2 Å². The normalized spacial score (nSPS) is 15.1. The Morgan fingerprint density at radius 2 is 2.18 bits per heavy atom. The Labute approximate surface area is 100 Å². The molecule has 0 bridgehead atoms. The topological polar surface area (TPSA) is 67.6 Å². The first-order chi connectivity index (χ1) is 8.31. The van der Waals surface area contributed by atoms with Gasteiger partial charge < -0.3 is 5.73 Å². The van der Waals surface area contributed by atoms with E-state index >= 15 is 0 Å². The Balaban J connectivity index is 1.62. The van der Waals surface area contributed by atoms with E-state index in [2.05, 4.69) is 21.2 Å². The zero-order valence-electron chi connectivity index (χ0n) is 9.69. The van der Waals surface area contributed by atoms with Crippen LogP contribution in [-0.2, 0) is 12.8 Å². The lowest BCUT2D eigenvalue weighted by molar-refractivity contribution is 0.865. The van der Waals surface area contributed by atoms with Crippen LogP contribution in [0.15, 0.2) is 24.3 Å². The van der Waals surface area contributed by atoms with E-state index in [1.54, 1.807) is 0 Å². The fourth-order valence-corrected chi connectivity index (χ4v) is 1.96. The second kappa shape index (κ2) is 4.20. The van der Waals surface area contributed by atoms with Gasteiger partial charge in [-0.25, -0.2) is 4.98 Å². The van der Waals surface area contributed by atoms with Crippen molar-refractivity contribution in [1.29, 1.82) is 0 Å². The molecule has 1 saturated carbocycles. The van der Waals surface area contributed by atoms with Crippen LogP contribution in [0.5, 0.6) is 0 Å². The molecule has 4 nitrogen and oxygen atoms in total. The van der Waals surface area contributed by atoms with Gasteiger partial charge >= 0.3 is 0 Å². The Bertz CT molecular complexity index is 514. The molecule has 0 unspecified atom stereocenters. The minimum Gasteiger partial charge on any atom is -0.399 e. The average molecular weight is 228 g/mol. The van der Waals surface area contributed by atoms with Crippen LogP contribution in [0.2, 0.25) is 0 Å². The van der Waals surface area contributed by atoms with Crippen molar-refractivity contribution in [2.75, 3.05) is 5.73 Å². The minimum absolute atomic E-state index is 0.618. The van der Waals surface area contributed by atoms with Crippen LogP contribution in [-0.4, -0.2) is 15.2 Å². The van der Waals surface area contributed by atoms with E-state index in [0.717, 1.165) is 30.2 Å². The molecule has 1 aliphatic carbocycles. The van der Waals surface area contributed by atoms with Crippen molar-refractivity contribution in [2.45, 2.75) is 31.6 Å². The summed E-state index contributed by atoms with van der Waals surface area (Å²) in [5.41, 5.74) is 7.81. The molecule has 0 amide bonds. The molecule has 1 aromatic carbocycles. The monoisotopic (exact) mass is 228 g/mol. The quantitative estimate of drug-likeness (QED) is 0.787. The maximum Gasteiger partial charge on any atom is 0.153 e. The highest BCUT2D eigenvalue weighted by Crippen LogP contribution is 2.37. The maximum absolute atomic E-state index is 5.74. The van der Waals surface area contributed by atoms with Crippen molar-refractivity contribution < 1.29 is 0 Å². The molecule has 0 radical (unpaired) electrons. The molecule has 3 N–H and O–H groups in total. The van der Waals surface area contributed by atoms with E-state index in [-0.39, 0.29) is 0 Å². The predicted molar refractivity (Wildman–Crippen MR) is 66.6 cm³/mol. The molecule has 0 spiro atoms. The highest BCUT2D eigenvalue weighted by molar-refractivity contribution is 5.40. The van der Waals surface area contributed by atoms with Crippen LogP contribution in [0.3, 0.4) is 0 Å². The van der Waals surface area contributed by atoms with Gasteiger partial charge in [0.2, 0.25) is 0 Å². The van der Waals surface area contributed by atoms with Gasteiger partial charge in [-0.1, -0.05) is 12.1 Å². The minimum atomic E-state index is 0.618. The summed E-state index contributed by atoms with van der Waals surface area (Å²) >= 11 is 0. The van der Waals surface area contributed by atoms with Crippen molar-refractivity contribution >= 4 is 5.69 Å². The van der Waals surface area contributed by atoms with E-state index in [0.29, 0.717) is 5.92 Å². The molecule has 1 heterocycles. The summed E-state index contributed by atoms with van der Waals surface area (Å²) in [6, 6.07) is 8.00. The summed E-state index contributed by atoms with van der Waals surface area (Å²) < 4.78 is 0. The number of aryl methyl sites for hydroxylation is 2. The summed E-state index contributed by atoms with van der Waals surface area (Å²) in [5, 5.41) is 7.27. The second-order valence-electron chi connectivity index (χ2n) is 4.66. The summed E-state index contributed by atoms with van der Waals surface area (Å²) in [6.45, 7) is 0. The van der Waals surface area contributed by atoms with E-state index < -0.39 is 0 Å². The van der Waals surface area contributed by atoms with Gasteiger partial charge in [-0.3, -0.25) is 5.10 Å². The number of nitrogens with zero attached hydrogens (tertiary/aromatic N) is 2. The third-order valence-corrected chi connectivity index (χ3v) is 3.09. The van der Waals surface area contributed by atoms with Crippen molar-refractivity contribution in [3.05, 3.63) is 41.5 Å². The van der Waals surface area contributed by atoms with Crippen molar-refractivity contribution in [3.8, 4) is 0 Å². The molecule has 88 valence electrons. The first kappa shape index (κ1) is 10.3. The molecule has 3 rings (SSSR count). The highest BCUT2D eigenvalue weighted by Gasteiger charge is 2.27. The molecule has 2 aromatic rings. The molecule has 17 heavy (non-hydrogen) atoms. The van der Waals surface area contributed by atoms with E-state index in [4.69, 9.17) is 5.73 Å². The smallest absolute Gasteiger partial charge is 0.153 e. The largest absolute Gasteiger partial charge is 0.399 e. The van der Waals surface area contributed by atoms with Gasteiger partial charge in [-0.15, -0.1) is 0 Å². The molecule has 0 atom stereocenters. The van der Waals surface area contributed by atoms with Gasteiger partial charge in [-0.2, -0.15) is 5.10 Å². The number of nitrogens with two attached hydrogens (primary N) is 1. The predicted octanol–water partition coefficient (Wildman–Crippen LogP) is 2.05. The third-order valence-electron chi connectivity index (χ3n) is 3.09. The van der Waals surface area contributed by atoms with Crippen LogP contribution in [0.25, 0.3) is 0 Å². The average Bonchev–Trinajstić information content (AvgIpc) is 3.07. The fourth-order valence-electron chi connectivity index (χ4n) is 1.96. The summed E-state index contributed by atoms with van der Waals surface area (Å²) in [5.74, 6) is 2.59. The molecule has 1 fully saturated rings. The van der Waals surface area contributed by atoms with Gasteiger partial charge in [0.15, 0.2) is 5.82 Å². The van der Waals surface area contributed by atoms with E-state index in [1.165, 1.54) is 18.4 Å². The van der Waals surface area contributed by atoms with Crippen LogP contribution in [0.1, 0.15) is 36.0 Å². The lowest BCUT2D eigenvalue weighted by Gasteiger charge is -2.00. The molecule has 0 aliphatic heterocycles. The first-order valence-corrected chi connectivity index (χ1v) is 6.07. The van der Waals surface area contributed by atoms with Gasteiger partial charge in [0.05, 0.1) is 0 Å². The van der Waals surface area contributed by atoms with Gasteiger partial charge in [0, 0.05) is 18.0 Å². The number of aromatic nitrogens is 3. The van der Waals surface area contributed by atoms with E-state index in [9.17, 15) is 0 Å². The van der Waals surface area contributed by atoms with Crippen molar-refractivity contribution in [2.24, 2.45) is 0 Å². The van der Waals surface area contributed by atoms with Crippen molar-refractivity contribution in [1.82, 2.24) is 15.2 Å². The lowest BCUT2D eigenvalue weighted by Crippen LogP contribution is -1.95. The number of anilines is 1. The summed E-state index contributed by atoms with van der Waals surface area (Å²) in [4.78, 5) is 4.51. The zero-order valence-corrected chi connectivity index (χ0v) is 9.69. The number of benzene rings is 1. The van der Waals surface area contributed by atoms with Crippen molar-refractivity contribution in [3.63, 3.8) is 0 Å². The first-order valence-electron chi connectivity index (χ1n) is 6.07. The number of hydrogen-bond donors (Lipinski definition) is 2. The standard InChI is InChI=1S/C13H16N4/c14-11-3-1-2-9(8-11)4-7-12-15-13(17-16-12)10-5-6-10/h1-3,8,10H,4-7,14H2,(H,15,16,17). The molecular formula is C13H16N4. The zero-order chi connectivity index (χ0) is 11.7. The van der Waals surface area contributed by atoms with Crippen LogP contribution in [0.4, 0.5) is 5.69 Å². The Kier molecular flexibility index (Phi) is 2.55. The van der Waals surface area contributed by atoms with Gasteiger partial charge in [0.25, 0.3) is 0 Å². The van der Waals surface area contributed by atoms with Crippen LogP contribution < -0.4 is 5.73 Å². The molecule has 0 saturated heterocycles. The van der Waals surface area contributed by atoms with Crippen LogP contribution in [0, 0.1) is 0 Å². The Morgan fingerprint density at radius 1 is 1.29 bits per heavy atom. The molecular weight excluding hydrogens is 212 g/mol. The lowest BCUT2D eigenvalue weighted by atomic mass is 10.1. The number of nitrogen functional groups attached to an aromatic ring is 1. The third kappa shape index (κ3) is 2.46. The fraction of sp³-hybridized carbons (Fsp3) is 0.385. The molecule has 1 aromatic heterocycles. The molecule has 4 heteroatoms. The van der Waals surface area contributed by atoms with Crippen LogP contribution >= 0.6 is 0 Å². The number of nitrogens with one attached hydrogen (secondary N) is 1. The maximum atomic E-state index is 5.74. The number of H-pyrrole nitrogens is 1. The van der Waals surface area contributed by atoms with Gasteiger partial charge in [-0.05, 0) is 37.0 Å². The second-order valence-corrected chi connectivity index (χ2v) is 4.66. The highest BCUT2D eigenvalue weighted by atomic mass is 15.2. The molecule has 1 aliphatic rings. The Morgan fingerprint density at radius 3 is 2.94 bits per heavy atom. The SMILES string of the molecule is Nc1cccc(CCc2nc(C3CC3)n[nH]2)c1. The number of aromatic amines is 1. The van der Waals surface area contributed by atoms with Gasteiger partial charge in [0.1, 0.15) is 5.82 Å².